The van der Waals surface area contributed by atoms with Gasteiger partial charge >= 0.3 is 0 Å². The number of benzene rings is 3. The Kier molecular flexibility index (Phi) is 7.85. The van der Waals surface area contributed by atoms with Crippen molar-refractivity contribution in [3.8, 4) is 23.0 Å². The third kappa shape index (κ3) is 5.42. The molecule has 1 atom stereocenters. The number of hydrogen-bond acceptors (Lipinski definition) is 6. The van der Waals surface area contributed by atoms with Gasteiger partial charge in [-0.1, -0.05) is 42.5 Å². The van der Waals surface area contributed by atoms with Crippen molar-refractivity contribution in [3.05, 3.63) is 83.4 Å². The molecular weight excluding hydrogens is 450 g/mol. The van der Waals surface area contributed by atoms with E-state index in [-0.39, 0.29) is 11.3 Å². The van der Waals surface area contributed by atoms with Gasteiger partial charge in [0.15, 0.2) is 23.0 Å². The first-order valence-corrected chi connectivity index (χ1v) is 12.1. The van der Waals surface area contributed by atoms with Gasteiger partial charge < -0.3 is 23.8 Å². The minimum absolute atomic E-state index is 0.0651. The van der Waals surface area contributed by atoms with Gasteiger partial charge in [0.1, 0.15) is 12.0 Å². The number of carbonyl (C=O) groups excluding carboxylic acids is 1. The number of thioether (sulfide) groups is 1. The van der Waals surface area contributed by atoms with Crippen molar-refractivity contribution in [3.63, 3.8) is 0 Å². The van der Waals surface area contributed by atoms with Gasteiger partial charge in [0, 0.05) is 6.54 Å². The molecule has 1 amide bonds. The van der Waals surface area contributed by atoms with E-state index in [2.05, 4.69) is 0 Å². The Labute approximate surface area is 204 Å². The summed E-state index contributed by atoms with van der Waals surface area (Å²) in [6, 6.07) is 21.8. The van der Waals surface area contributed by atoms with Crippen LogP contribution in [0.25, 0.3) is 0 Å². The summed E-state index contributed by atoms with van der Waals surface area (Å²) >= 11 is 1.63. The predicted molar refractivity (Wildman–Crippen MR) is 134 cm³/mol. The molecule has 34 heavy (non-hydrogen) atoms. The standard InChI is InChI=1S/C27H29NO5S/c1-30-22-11-9-19(15-24(22)31-2)13-14-28-26(29)18-34-27(28)21-10-12-23(25(16-21)32-3)33-17-20-7-5-4-6-8-20/h4-12,15-16,27H,13-14,17-18H2,1-3H3. The first-order chi connectivity index (χ1) is 16.6. The molecule has 0 N–H and O–H groups in total. The van der Waals surface area contributed by atoms with E-state index in [1.807, 2.05) is 71.6 Å². The molecule has 1 heterocycles. The highest BCUT2D eigenvalue weighted by atomic mass is 32.2. The fourth-order valence-corrected chi connectivity index (χ4v) is 5.16. The van der Waals surface area contributed by atoms with Gasteiger partial charge in [-0.25, -0.2) is 0 Å². The quantitative estimate of drug-likeness (QED) is 0.403. The summed E-state index contributed by atoms with van der Waals surface area (Å²) in [5.41, 5.74) is 3.20. The maximum atomic E-state index is 12.7. The van der Waals surface area contributed by atoms with Crippen LogP contribution in [0.3, 0.4) is 0 Å². The van der Waals surface area contributed by atoms with Crippen LogP contribution in [-0.2, 0) is 17.8 Å². The molecule has 0 saturated carbocycles. The van der Waals surface area contributed by atoms with E-state index in [9.17, 15) is 4.79 Å². The predicted octanol–water partition coefficient (Wildman–Crippen LogP) is 5.11. The summed E-state index contributed by atoms with van der Waals surface area (Å²) in [7, 11) is 4.88. The first kappa shape index (κ1) is 23.8. The van der Waals surface area contributed by atoms with E-state index in [1.54, 1.807) is 33.1 Å². The molecule has 6 nitrogen and oxygen atoms in total. The molecule has 1 unspecified atom stereocenters. The van der Waals surface area contributed by atoms with E-state index < -0.39 is 0 Å². The van der Waals surface area contributed by atoms with Crippen LogP contribution in [0.15, 0.2) is 66.7 Å². The van der Waals surface area contributed by atoms with Crippen molar-refractivity contribution in [2.45, 2.75) is 18.4 Å². The lowest BCUT2D eigenvalue weighted by Gasteiger charge is -2.25. The van der Waals surface area contributed by atoms with E-state index >= 15 is 0 Å². The number of methoxy groups -OCH3 is 3. The van der Waals surface area contributed by atoms with Crippen molar-refractivity contribution in [1.29, 1.82) is 0 Å². The van der Waals surface area contributed by atoms with Crippen molar-refractivity contribution < 1.29 is 23.7 Å². The second-order valence-corrected chi connectivity index (χ2v) is 8.94. The van der Waals surface area contributed by atoms with Crippen LogP contribution in [0, 0.1) is 0 Å². The molecule has 1 saturated heterocycles. The Morgan fingerprint density at radius 1 is 0.824 bits per heavy atom. The molecule has 178 valence electrons. The lowest BCUT2D eigenvalue weighted by molar-refractivity contribution is -0.128. The lowest BCUT2D eigenvalue weighted by Crippen LogP contribution is -2.30. The smallest absolute Gasteiger partial charge is 0.233 e. The van der Waals surface area contributed by atoms with Crippen molar-refractivity contribution in [2.75, 3.05) is 33.6 Å². The minimum Gasteiger partial charge on any atom is -0.493 e. The fraction of sp³-hybridized carbons (Fsp3) is 0.296. The van der Waals surface area contributed by atoms with Crippen LogP contribution in [0.5, 0.6) is 23.0 Å². The molecule has 1 aliphatic rings. The summed E-state index contributed by atoms with van der Waals surface area (Å²) < 4.78 is 22.3. The van der Waals surface area contributed by atoms with Gasteiger partial charge in [0.2, 0.25) is 5.91 Å². The second-order valence-electron chi connectivity index (χ2n) is 7.87. The fourth-order valence-electron chi connectivity index (χ4n) is 3.95. The molecule has 0 spiro atoms. The molecular formula is C27H29NO5S. The number of amides is 1. The number of ether oxygens (including phenoxy) is 4. The summed E-state index contributed by atoms with van der Waals surface area (Å²) in [4.78, 5) is 14.6. The van der Waals surface area contributed by atoms with Gasteiger partial charge in [0.25, 0.3) is 0 Å². The molecule has 0 radical (unpaired) electrons. The van der Waals surface area contributed by atoms with E-state index in [1.165, 1.54) is 0 Å². The number of rotatable bonds is 10. The molecule has 3 aromatic rings. The zero-order valence-electron chi connectivity index (χ0n) is 19.7. The summed E-state index contributed by atoms with van der Waals surface area (Å²) in [6.45, 7) is 1.07. The highest BCUT2D eigenvalue weighted by Gasteiger charge is 2.33. The maximum absolute atomic E-state index is 12.7. The number of carbonyl (C=O) groups is 1. The van der Waals surface area contributed by atoms with Crippen LogP contribution >= 0.6 is 11.8 Å². The van der Waals surface area contributed by atoms with Crippen molar-refractivity contribution in [1.82, 2.24) is 4.90 Å². The highest BCUT2D eigenvalue weighted by molar-refractivity contribution is 8.00. The average Bonchev–Trinajstić information content (AvgIpc) is 3.26. The molecule has 0 aliphatic carbocycles. The summed E-state index contributed by atoms with van der Waals surface area (Å²) in [5, 5.41) is -0.0651. The van der Waals surface area contributed by atoms with Gasteiger partial charge in [-0.05, 0) is 47.4 Å². The lowest BCUT2D eigenvalue weighted by atomic mass is 10.1. The molecule has 4 rings (SSSR count). The maximum Gasteiger partial charge on any atom is 0.233 e. The third-order valence-electron chi connectivity index (χ3n) is 5.77. The highest BCUT2D eigenvalue weighted by Crippen LogP contribution is 2.42. The average molecular weight is 480 g/mol. The Morgan fingerprint density at radius 2 is 1.53 bits per heavy atom. The molecule has 7 heteroatoms. The first-order valence-electron chi connectivity index (χ1n) is 11.1. The van der Waals surface area contributed by atoms with Gasteiger partial charge in [-0.15, -0.1) is 11.8 Å². The minimum atomic E-state index is -0.0651. The Morgan fingerprint density at radius 3 is 2.26 bits per heavy atom. The second kappa shape index (κ2) is 11.2. The zero-order valence-corrected chi connectivity index (χ0v) is 20.5. The molecule has 1 fully saturated rings. The van der Waals surface area contributed by atoms with Gasteiger partial charge in [-0.3, -0.25) is 4.79 Å². The molecule has 3 aromatic carbocycles. The zero-order chi connectivity index (χ0) is 23.9. The van der Waals surface area contributed by atoms with Crippen LogP contribution in [0.2, 0.25) is 0 Å². The summed E-state index contributed by atoms with van der Waals surface area (Å²) in [6.07, 6.45) is 0.721. The van der Waals surface area contributed by atoms with Gasteiger partial charge in [-0.2, -0.15) is 0 Å². The Bertz CT molecular complexity index is 1120. The van der Waals surface area contributed by atoms with Crippen LogP contribution in [-0.4, -0.2) is 44.4 Å². The number of hydrogen-bond donors (Lipinski definition) is 0. The van der Waals surface area contributed by atoms with E-state index in [4.69, 9.17) is 18.9 Å². The molecule has 1 aliphatic heterocycles. The third-order valence-corrected chi connectivity index (χ3v) is 7.02. The SMILES string of the molecule is COc1ccc(CCN2C(=O)CSC2c2ccc(OCc3ccccc3)c(OC)c2)cc1OC. The van der Waals surface area contributed by atoms with Crippen molar-refractivity contribution in [2.24, 2.45) is 0 Å². The summed E-state index contributed by atoms with van der Waals surface area (Å²) in [5.74, 6) is 3.33. The Balaban J connectivity index is 1.46. The monoisotopic (exact) mass is 479 g/mol. The largest absolute Gasteiger partial charge is 0.493 e. The normalized spacial score (nSPS) is 15.3. The van der Waals surface area contributed by atoms with Crippen LogP contribution in [0.4, 0.5) is 0 Å². The van der Waals surface area contributed by atoms with Crippen LogP contribution in [0.1, 0.15) is 22.1 Å². The van der Waals surface area contributed by atoms with E-state index in [0.29, 0.717) is 41.9 Å². The van der Waals surface area contributed by atoms with E-state index in [0.717, 1.165) is 23.1 Å². The molecule has 0 bridgehead atoms. The topological polar surface area (TPSA) is 57.2 Å². The number of nitrogens with zero attached hydrogens (tertiary/aromatic N) is 1. The Hall–Kier alpha value is -3.32. The van der Waals surface area contributed by atoms with Crippen molar-refractivity contribution >= 4 is 17.7 Å². The van der Waals surface area contributed by atoms with Crippen LogP contribution < -0.4 is 18.9 Å². The molecule has 0 aromatic heterocycles. The van der Waals surface area contributed by atoms with Gasteiger partial charge in [0.05, 0.1) is 27.1 Å².